The van der Waals surface area contributed by atoms with Crippen LogP contribution in [0.25, 0.3) is 0 Å². The van der Waals surface area contributed by atoms with Gasteiger partial charge in [0, 0.05) is 33.5 Å². The summed E-state index contributed by atoms with van der Waals surface area (Å²) in [6.45, 7) is 6.30. The molecule has 0 bridgehead atoms. The van der Waals surface area contributed by atoms with Crippen LogP contribution in [0.5, 0.6) is 0 Å². The van der Waals surface area contributed by atoms with Crippen LogP contribution >= 0.6 is 0 Å². The van der Waals surface area contributed by atoms with Crippen LogP contribution in [-0.2, 0) is 53.9 Å². The van der Waals surface area contributed by atoms with Crippen LogP contribution in [0.1, 0.15) is 142 Å². The Morgan fingerprint density at radius 3 is 1.14 bits per heavy atom. The second-order valence-corrected chi connectivity index (χ2v) is 17.2. The number of carbonyl (C=O) groups is 5. The molecule has 2 amide bonds. The molecule has 6 N–H and O–H groups in total. The van der Waals surface area contributed by atoms with Crippen molar-refractivity contribution in [2.45, 2.75) is 161 Å². The molecule has 328 valence electrons. The Morgan fingerprint density at radius 1 is 0.536 bits per heavy atom. The zero-order chi connectivity index (χ0) is 39.9. The number of nitrogens with one attached hydrogen (secondary N) is 2. The van der Waals surface area contributed by atoms with Gasteiger partial charge < -0.3 is 48.0 Å². The van der Waals surface area contributed by atoms with Gasteiger partial charge in [0.05, 0.1) is 61.1 Å². The molecule has 7 rings (SSSR count). The number of β-lactam (4-membered cyclic amide) rings is 2. The second kappa shape index (κ2) is 25.4. The molecule has 2 saturated heterocycles. The van der Waals surface area contributed by atoms with E-state index in [0.717, 1.165) is 102 Å². The fraction of sp³-hybridized carbons (Fsp3) is 0.857. The summed E-state index contributed by atoms with van der Waals surface area (Å²) in [5.41, 5.74) is 0.0196. The minimum atomic E-state index is -0.716. The third-order valence-corrected chi connectivity index (χ3v) is 13.1. The van der Waals surface area contributed by atoms with E-state index >= 15 is 0 Å². The Morgan fingerprint density at radius 2 is 0.839 bits per heavy atom. The predicted molar refractivity (Wildman–Crippen MR) is 208 cm³/mol. The molecule has 0 radical (unpaired) electrons. The number of hydrogen-bond donors (Lipinski definition) is 6. The van der Waals surface area contributed by atoms with Gasteiger partial charge in [-0.25, -0.2) is 0 Å². The molecule has 2 heterocycles. The standard InChI is InChI=1S/C9H15NO.C9H16O2.C8H13NO2.C8H14O3.C7H12O3.CH3.Pd/c1-7-2-4-9(5-3-7)6-10-8(9)11;1-7-3-5-8(6-4-7)9(10)11-2;10-6-1-3-8(4-2-6)5-9-7(8)11;1-11-8(10)6-2-4-7(9)5-3-6;8-6-3-1-5(2-4-6)7(9)10;;/h7H,2-6H2,1H3,(H,10,11);7-8H,3-6H2,1-2H3;6,10H,1-5H2,(H,9,11);6-7,9H,2-5H2,1H3;5-6,8H,1-4H2,(H,9,10);1H3;/q;;;;;-1;. The number of rotatable bonds is 3. The summed E-state index contributed by atoms with van der Waals surface area (Å²) in [5, 5.41) is 41.5. The topological polar surface area (TPSA) is 209 Å². The molecule has 0 atom stereocenters. The van der Waals surface area contributed by atoms with Crippen LogP contribution in [0, 0.1) is 47.8 Å². The number of carbonyl (C=O) groups excluding carboxylic acids is 4. The molecule has 56 heavy (non-hydrogen) atoms. The fourth-order valence-electron chi connectivity index (χ4n) is 8.56. The van der Waals surface area contributed by atoms with Crippen molar-refractivity contribution in [3.05, 3.63) is 7.43 Å². The van der Waals surface area contributed by atoms with Crippen molar-refractivity contribution in [1.29, 1.82) is 0 Å². The van der Waals surface area contributed by atoms with E-state index in [1.807, 2.05) is 0 Å². The molecule has 5 saturated carbocycles. The van der Waals surface area contributed by atoms with Gasteiger partial charge in [0.2, 0.25) is 11.8 Å². The van der Waals surface area contributed by atoms with Gasteiger partial charge in [-0.05, 0) is 140 Å². The van der Waals surface area contributed by atoms with E-state index in [-0.39, 0.29) is 92.6 Å². The maximum absolute atomic E-state index is 11.2. The number of hydrogen-bond acceptors (Lipinski definition) is 10. The number of aliphatic hydroxyl groups is 3. The number of methoxy groups -OCH3 is 2. The average Bonchev–Trinajstić information content (AvgIpc) is 3.18. The van der Waals surface area contributed by atoms with Crippen LogP contribution < -0.4 is 10.6 Å². The van der Waals surface area contributed by atoms with Crippen LogP contribution in [0.2, 0.25) is 0 Å². The number of amides is 2. The number of aliphatic carboxylic acids is 1. The molecule has 5 aliphatic carbocycles. The molecule has 0 unspecified atom stereocenters. The zero-order valence-corrected chi connectivity index (χ0v) is 36.2. The van der Waals surface area contributed by atoms with Crippen molar-refractivity contribution in [2.75, 3.05) is 27.3 Å². The number of aliphatic hydroxyl groups excluding tert-OH is 3. The maximum Gasteiger partial charge on any atom is 0.308 e. The Bertz CT molecular complexity index is 1110. The second-order valence-electron chi connectivity index (χ2n) is 17.2. The van der Waals surface area contributed by atoms with Crippen molar-refractivity contribution in [2.24, 2.45) is 40.4 Å². The van der Waals surface area contributed by atoms with E-state index in [2.05, 4.69) is 34.0 Å². The smallest absolute Gasteiger partial charge is 0.308 e. The van der Waals surface area contributed by atoms with Crippen molar-refractivity contribution < 1.29 is 74.3 Å². The van der Waals surface area contributed by atoms with E-state index in [9.17, 15) is 29.1 Å². The van der Waals surface area contributed by atoms with E-state index < -0.39 is 5.97 Å². The van der Waals surface area contributed by atoms with Gasteiger partial charge >= 0.3 is 17.9 Å². The molecule has 0 aromatic heterocycles. The summed E-state index contributed by atoms with van der Waals surface area (Å²) in [6.07, 6.45) is 17.5. The zero-order valence-electron chi connectivity index (χ0n) is 34.6. The van der Waals surface area contributed by atoms with E-state index in [1.165, 1.54) is 39.9 Å². The monoisotopic (exact) mass is 887 g/mol. The van der Waals surface area contributed by atoms with Crippen molar-refractivity contribution in [1.82, 2.24) is 10.6 Å². The third kappa shape index (κ3) is 15.9. The number of carboxylic acids is 1. The molecular formula is C42H73N2O11Pd-. The molecule has 2 aliphatic heterocycles. The Labute approximate surface area is 349 Å². The summed E-state index contributed by atoms with van der Waals surface area (Å²) in [5.74, 6) is 1.31. The van der Waals surface area contributed by atoms with Crippen molar-refractivity contribution in [3.8, 4) is 0 Å². The van der Waals surface area contributed by atoms with Crippen molar-refractivity contribution in [3.63, 3.8) is 0 Å². The first-order chi connectivity index (χ1) is 25.6. The van der Waals surface area contributed by atoms with E-state index in [1.54, 1.807) is 0 Å². The maximum atomic E-state index is 11.2. The number of ether oxygens (including phenoxy) is 2. The minimum Gasteiger partial charge on any atom is -0.481 e. The van der Waals surface area contributed by atoms with Crippen LogP contribution in [0.4, 0.5) is 0 Å². The Hall–Kier alpha value is -2.11. The average molecular weight is 888 g/mol. The van der Waals surface area contributed by atoms with Gasteiger partial charge in [-0.2, -0.15) is 0 Å². The quantitative estimate of drug-likeness (QED) is 0.0950. The minimum absolute atomic E-state index is 0. The summed E-state index contributed by atoms with van der Waals surface area (Å²) >= 11 is 0. The summed E-state index contributed by atoms with van der Waals surface area (Å²) in [4.78, 5) is 54.7. The SMILES string of the molecule is CC1CCC2(CC1)CNC2=O.COC(=O)C1CCC(C)CC1.COC(=O)C1CCC(O)CC1.O=C(O)C1CCC(O)CC1.O=C1NCC12CCC(O)CC2.[CH3-].[Pd]. The van der Waals surface area contributed by atoms with Gasteiger partial charge in [-0.1, -0.05) is 13.8 Å². The molecule has 7 fully saturated rings. The largest absolute Gasteiger partial charge is 0.481 e. The first-order valence-corrected chi connectivity index (χ1v) is 20.6. The molecule has 0 aromatic rings. The van der Waals surface area contributed by atoms with Gasteiger partial charge in [0.15, 0.2) is 0 Å². The molecule has 2 spiro atoms. The molecule has 7 aliphatic rings. The first-order valence-electron chi connectivity index (χ1n) is 20.6. The summed E-state index contributed by atoms with van der Waals surface area (Å²) in [6, 6.07) is 0. The van der Waals surface area contributed by atoms with Crippen LogP contribution in [0.3, 0.4) is 0 Å². The predicted octanol–water partition coefficient (Wildman–Crippen LogP) is 5.12. The fourth-order valence-corrected chi connectivity index (χ4v) is 8.56. The Kier molecular flexibility index (Phi) is 23.5. The third-order valence-electron chi connectivity index (χ3n) is 13.1. The number of carboxylic acid groups (broad SMARTS) is 1. The first kappa shape index (κ1) is 51.9. The van der Waals surface area contributed by atoms with Gasteiger partial charge in [0.25, 0.3) is 0 Å². The van der Waals surface area contributed by atoms with Gasteiger partial charge in [0.1, 0.15) is 0 Å². The molecule has 13 nitrogen and oxygen atoms in total. The number of esters is 2. The normalized spacial score (nSPS) is 35.4. The molecule has 14 heteroatoms. The summed E-state index contributed by atoms with van der Waals surface area (Å²) in [7, 11) is 2.88. The molecule has 0 aromatic carbocycles. The van der Waals surface area contributed by atoms with Crippen LogP contribution in [0.15, 0.2) is 0 Å². The Balaban J connectivity index is 0.000000347. The van der Waals surface area contributed by atoms with Crippen LogP contribution in [-0.4, -0.2) is 95.8 Å². The van der Waals surface area contributed by atoms with E-state index in [4.69, 9.17) is 15.3 Å². The summed E-state index contributed by atoms with van der Waals surface area (Å²) < 4.78 is 9.29. The van der Waals surface area contributed by atoms with Gasteiger partial charge in [-0.3, -0.25) is 24.0 Å². The van der Waals surface area contributed by atoms with E-state index in [0.29, 0.717) is 31.6 Å². The van der Waals surface area contributed by atoms with Gasteiger partial charge in [-0.15, -0.1) is 0 Å². The van der Waals surface area contributed by atoms with Crippen molar-refractivity contribution >= 4 is 29.7 Å². The molecular weight excluding hydrogens is 815 g/mol.